The van der Waals surface area contributed by atoms with Gasteiger partial charge in [0, 0.05) is 12.5 Å². The number of nitrogens with two attached hydrogens (primary N) is 1. The summed E-state index contributed by atoms with van der Waals surface area (Å²) in [4.78, 5) is 3.85. The second kappa shape index (κ2) is 2.79. The third kappa shape index (κ3) is 1.18. The van der Waals surface area contributed by atoms with Gasteiger partial charge >= 0.3 is 0 Å². The molecule has 1 aliphatic heterocycles. The molecule has 2 rings (SSSR count). The Morgan fingerprint density at radius 3 is 3.00 bits per heavy atom. The first-order chi connectivity index (χ1) is 5.77. The lowest BCUT2D eigenvalue weighted by Crippen LogP contribution is -2.08. The summed E-state index contributed by atoms with van der Waals surface area (Å²) in [5.41, 5.74) is 5.37. The number of ether oxygens (including phenoxy) is 1. The van der Waals surface area contributed by atoms with Crippen molar-refractivity contribution >= 4 is 6.01 Å². The van der Waals surface area contributed by atoms with Crippen LogP contribution in [-0.4, -0.2) is 17.7 Å². The highest BCUT2D eigenvalue weighted by molar-refractivity contribution is 5.15. The van der Waals surface area contributed by atoms with Crippen LogP contribution in [0.3, 0.4) is 0 Å². The Labute approximate surface area is 70.7 Å². The van der Waals surface area contributed by atoms with Crippen LogP contribution in [0.5, 0.6) is 0 Å². The van der Waals surface area contributed by atoms with Crippen molar-refractivity contribution in [3.63, 3.8) is 0 Å². The number of hydrogen-bond acceptors (Lipinski definition) is 4. The third-order valence-corrected chi connectivity index (χ3v) is 2.28. The second-order valence-corrected chi connectivity index (χ2v) is 3.07. The van der Waals surface area contributed by atoms with E-state index in [1.807, 2.05) is 6.92 Å². The fourth-order valence-corrected chi connectivity index (χ4v) is 1.58. The fraction of sp³-hybridized carbons (Fsp3) is 0.625. The summed E-state index contributed by atoms with van der Waals surface area (Å²) >= 11 is 0. The maximum Gasteiger partial charge on any atom is 0.292 e. The minimum absolute atomic E-state index is 0.220. The van der Waals surface area contributed by atoms with Crippen LogP contribution in [-0.2, 0) is 4.74 Å². The molecule has 1 aromatic heterocycles. The first-order valence-electron chi connectivity index (χ1n) is 4.10. The van der Waals surface area contributed by atoms with Crippen LogP contribution in [0.25, 0.3) is 0 Å². The van der Waals surface area contributed by atoms with Crippen LogP contribution in [0.2, 0.25) is 0 Å². The van der Waals surface area contributed by atoms with Crippen LogP contribution in [0.15, 0.2) is 10.6 Å². The SMILES string of the molecule is CC1OCCC1c1cnc(N)o1. The van der Waals surface area contributed by atoms with Gasteiger partial charge in [-0.25, -0.2) is 4.98 Å². The number of nitrogen functional groups attached to an aromatic ring is 1. The molecule has 0 aliphatic carbocycles. The molecule has 1 saturated heterocycles. The van der Waals surface area contributed by atoms with Crippen LogP contribution in [0.4, 0.5) is 6.01 Å². The van der Waals surface area contributed by atoms with E-state index in [2.05, 4.69) is 4.98 Å². The van der Waals surface area contributed by atoms with Gasteiger partial charge in [-0.2, -0.15) is 0 Å². The molecular formula is C8H12N2O2. The Kier molecular flexibility index (Phi) is 1.77. The number of anilines is 1. The Bertz CT molecular complexity index is 272. The molecule has 0 bridgehead atoms. The first-order valence-corrected chi connectivity index (χ1v) is 4.10. The largest absolute Gasteiger partial charge is 0.429 e. The van der Waals surface area contributed by atoms with Gasteiger partial charge in [0.2, 0.25) is 0 Å². The molecule has 1 aliphatic rings. The molecule has 2 atom stereocenters. The quantitative estimate of drug-likeness (QED) is 0.683. The predicted molar refractivity (Wildman–Crippen MR) is 43.7 cm³/mol. The van der Waals surface area contributed by atoms with Crippen molar-refractivity contribution in [3.8, 4) is 0 Å². The van der Waals surface area contributed by atoms with Crippen molar-refractivity contribution in [1.29, 1.82) is 0 Å². The van der Waals surface area contributed by atoms with E-state index in [1.165, 1.54) is 0 Å². The number of oxazole rings is 1. The fourth-order valence-electron chi connectivity index (χ4n) is 1.58. The Balaban J connectivity index is 2.19. The van der Waals surface area contributed by atoms with E-state index in [4.69, 9.17) is 14.9 Å². The number of hydrogen-bond donors (Lipinski definition) is 1. The summed E-state index contributed by atoms with van der Waals surface area (Å²) in [7, 11) is 0. The molecule has 4 nitrogen and oxygen atoms in total. The smallest absolute Gasteiger partial charge is 0.292 e. The summed E-state index contributed by atoms with van der Waals surface area (Å²) in [5, 5.41) is 0. The van der Waals surface area contributed by atoms with Gasteiger partial charge in [-0.1, -0.05) is 0 Å². The maximum atomic E-state index is 5.40. The lowest BCUT2D eigenvalue weighted by molar-refractivity contribution is 0.115. The molecular weight excluding hydrogens is 156 g/mol. The van der Waals surface area contributed by atoms with Crippen molar-refractivity contribution in [2.45, 2.75) is 25.4 Å². The summed E-state index contributed by atoms with van der Waals surface area (Å²) in [6.07, 6.45) is 2.90. The average molecular weight is 168 g/mol. The molecule has 0 aromatic carbocycles. The van der Waals surface area contributed by atoms with Crippen LogP contribution >= 0.6 is 0 Å². The summed E-state index contributed by atoms with van der Waals surface area (Å²) in [6.45, 7) is 2.84. The summed E-state index contributed by atoms with van der Waals surface area (Å²) in [5.74, 6) is 1.17. The maximum absolute atomic E-state index is 5.40. The number of rotatable bonds is 1. The molecule has 0 radical (unpaired) electrons. The van der Waals surface area contributed by atoms with E-state index in [0.29, 0.717) is 5.92 Å². The van der Waals surface area contributed by atoms with Crippen molar-refractivity contribution in [3.05, 3.63) is 12.0 Å². The van der Waals surface area contributed by atoms with Gasteiger partial charge in [0.1, 0.15) is 5.76 Å². The van der Waals surface area contributed by atoms with E-state index in [-0.39, 0.29) is 12.1 Å². The molecule has 2 unspecified atom stereocenters. The van der Waals surface area contributed by atoms with Crippen molar-refractivity contribution < 1.29 is 9.15 Å². The molecule has 2 N–H and O–H groups in total. The molecule has 12 heavy (non-hydrogen) atoms. The molecule has 2 heterocycles. The van der Waals surface area contributed by atoms with Gasteiger partial charge in [0.15, 0.2) is 0 Å². The third-order valence-electron chi connectivity index (χ3n) is 2.28. The van der Waals surface area contributed by atoms with Crippen LogP contribution in [0.1, 0.15) is 25.0 Å². The van der Waals surface area contributed by atoms with Crippen LogP contribution < -0.4 is 5.73 Å². The van der Waals surface area contributed by atoms with E-state index in [1.54, 1.807) is 6.20 Å². The molecule has 1 aromatic rings. The monoisotopic (exact) mass is 168 g/mol. The van der Waals surface area contributed by atoms with E-state index in [9.17, 15) is 0 Å². The number of nitrogens with zero attached hydrogens (tertiary/aromatic N) is 1. The normalized spacial score (nSPS) is 29.4. The summed E-state index contributed by atoms with van der Waals surface area (Å²) < 4.78 is 10.6. The molecule has 1 fully saturated rings. The van der Waals surface area contributed by atoms with E-state index < -0.39 is 0 Å². The Morgan fingerprint density at radius 2 is 2.50 bits per heavy atom. The summed E-state index contributed by atoms with van der Waals surface area (Å²) in [6, 6.07) is 0.240. The van der Waals surface area contributed by atoms with Gasteiger partial charge in [-0.15, -0.1) is 0 Å². The zero-order valence-electron chi connectivity index (χ0n) is 6.99. The minimum atomic E-state index is 0.220. The van der Waals surface area contributed by atoms with Gasteiger partial charge in [0.05, 0.1) is 12.3 Å². The second-order valence-electron chi connectivity index (χ2n) is 3.07. The Morgan fingerprint density at radius 1 is 1.67 bits per heavy atom. The van der Waals surface area contributed by atoms with E-state index >= 15 is 0 Å². The van der Waals surface area contributed by atoms with Gasteiger partial charge in [-0.05, 0) is 13.3 Å². The van der Waals surface area contributed by atoms with Crippen molar-refractivity contribution in [1.82, 2.24) is 4.98 Å². The lowest BCUT2D eigenvalue weighted by atomic mass is 10.0. The Hall–Kier alpha value is -1.03. The minimum Gasteiger partial charge on any atom is -0.429 e. The van der Waals surface area contributed by atoms with Gasteiger partial charge in [0.25, 0.3) is 6.01 Å². The highest BCUT2D eigenvalue weighted by atomic mass is 16.5. The highest BCUT2D eigenvalue weighted by Crippen LogP contribution is 2.31. The molecule has 66 valence electrons. The lowest BCUT2D eigenvalue weighted by Gasteiger charge is -2.09. The average Bonchev–Trinajstić information content (AvgIpc) is 2.58. The van der Waals surface area contributed by atoms with E-state index in [0.717, 1.165) is 18.8 Å². The van der Waals surface area contributed by atoms with Crippen molar-refractivity contribution in [2.24, 2.45) is 0 Å². The zero-order chi connectivity index (χ0) is 8.55. The standard InChI is InChI=1S/C8H12N2O2/c1-5-6(2-3-11-5)7-4-10-8(9)12-7/h4-6H,2-3H2,1H3,(H2,9,10). The zero-order valence-corrected chi connectivity index (χ0v) is 6.99. The topological polar surface area (TPSA) is 61.3 Å². The molecule has 0 saturated carbocycles. The van der Waals surface area contributed by atoms with Crippen LogP contribution in [0, 0.1) is 0 Å². The molecule has 0 spiro atoms. The highest BCUT2D eigenvalue weighted by Gasteiger charge is 2.28. The van der Waals surface area contributed by atoms with Gasteiger partial charge < -0.3 is 14.9 Å². The predicted octanol–water partition coefficient (Wildman–Crippen LogP) is 1.15. The first kappa shape index (κ1) is 7.61. The van der Waals surface area contributed by atoms with Crippen molar-refractivity contribution in [2.75, 3.05) is 12.3 Å². The van der Waals surface area contributed by atoms with Gasteiger partial charge in [-0.3, -0.25) is 0 Å². The molecule has 0 amide bonds. The molecule has 4 heteroatoms. The number of aromatic nitrogens is 1.